The molecule has 1 aromatic rings. The molecular formula is C9H10NO3. The third-order valence-corrected chi connectivity index (χ3v) is 1.58. The number of carboxylic acid groups (broad SMARTS) is 1. The van der Waals surface area contributed by atoms with E-state index in [9.17, 15) is 4.79 Å². The fraction of sp³-hybridized carbons (Fsp3) is 0.222. The van der Waals surface area contributed by atoms with Gasteiger partial charge in [-0.3, -0.25) is 0 Å². The van der Waals surface area contributed by atoms with Crippen molar-refractivity contribution in [1.29, 1.82) is 0 Å². The van der Waals surface area contributed by atoms with Gasteiger partial charge in [-0.2, -0.15) is 0 Å². The molecule has 1 rings (SSSR count). The van der Waals surface area contributed by atoms with Crippen molar-refractivity contribution in [2.24, 2.45) is 0 Å². The lowest BCUT2D eigenvalue weighted by Crippen LogP contribution is -2.15. The van der Waals surface area contributed by atoms with Crippen LogP contribution in [0.1, 0.15) is 5.56 Å². The van der Waals surface area contributed by atoms with Crippen LogP contribution in [0.15, 0.2) is 24.3 Å². The van der Waals surface area contributed by atoms with Crippen molar-refractivity contribution in [3.05, 3.63) is 29.8 Å². The Labute approximate surface area is 75.8 Å². The van der Waals surface area contributed by atoms with Crippen molar-refractivity contribution in [3.8, 4) is 5.75 Å². The molecule has 0 aromatic heterocycles. The van der Waals surface area contributed by atoms with Crippen LogP contribution in [0, 0.1) is 0 Å². The van der Waals surface area contributed by atoms with E-state index in [1.165, 1.54) is 0 Å². The molecule has 0 heterocycles. The van der Waals surface area contributed by atoms with E-state index in [1.807, 2.05) is 0 Å². The summed E-state index contributed by atoms with van der Waals surface area (Å²) in [5, 5.41) is 20.5. The van der Waals surface area contributed by atoms with E-state index in [2.05, 4.69) is 5.32 Å². The van der Waals surface area contributed by atoms with Gasteiger partial charge in [0.25, 0.3) is 0 Å². The smallest absolute Gasteiger partial charge is 0.426 e. The van der Waals surface area contributed by atoms with Gasteiger partial charge in [0.1, 0.15) is 5.75 Å². The number of hydrogen-bond donors (Lipinski definition) is 2. The Morgan fingerprint density at radius 2 is 1.92 bits per heavy atom. The Morgan fingerprint density at radius 1 is 1.31 bits per heavy atom. The van der Waals surface area contributed by atoms with Gasteiger partial charge in [0, 0.05) is 0 Å². The predicted molar refractivity (Wildman–Crippen MR) is 46.8 cm³/mol. The highest BCUT2D eigenvalue weighted by atomic mass is 16.4. The maximum absolute atomic E-state index is 10.0. The van der Waals surface area contributed by atoms with E-state index in [0.29, 0.717) is 6.42 Å². The lowest BCUT2D eigenvalue weighted by atomic mass is 10.1. The van der Waals surface area contributed by atoms with Crippen molar-refractivity contribution in [2.75, 3.05) is 6.54 Å². The van der Waals surface area contributed by atoms with Crippen molar-refractivity contribution < 1.29 is 15.0 Å². The molecule has 1 aromatic carbocycles. The van der Waals surface area contributed by atoms with Crippen LogP contribution in [0.4, 0.5) is 4.79 Å². The van der Waals surface area contributed by atoms with Gasteiger partial charge in [0.15, 0.2) is 0 Å². The third kappa shape index (κ3) is 3.46. The van der Waals surface area contributed by atoms with E-state index in [0.717, 1.165) is 5.56 Å². The number of hydrogen-bond acceptors (Lipinski definition) is 2. The van der Waals surface area contributed by atoms with Crippen LogP contribution in [0.25, 0.3) is 0 Å². The number of benzene rings is 1. The van der Waals surface area contributed by atoms with E-state index in [1.54, 1.807) is 24.3 Å². The van der Waals surface area contributed by atoms with Gasteiger partial charge in [-0.1, -0.05) is 12.1 Å². The summed E-state index contributed by atoms with van der Waals surface area (Å²) in [6.07, 6.45) is -0.564. The second-order valence-corrected chi connectivity index (χ2v) is 2.58. The van der Waals surface area contributed by atoms with Gasteiger partial charge in [-0.15, -0.1) is 0 Å². The van der Waals surface area contributed by atoms with Crippen LogP contribution in [-0.2, 0) is 6.42 Å². The van der Waals surface area contributed by atoms with Crippen LogP contribution in [0.3, 0.4) is 0 Å². The average molecular weight is 180 g/mol. The van der Waals surface area contributed by atoms with Gasteiger partial charge >= 0.3 is 6.09 Å². The molecule has 0 unspecified atom stereocenters. The first-order valence-corrected chi connectivity index (χ1v) is 3.87. The normalized spacial score (nSPS) is 9.54. The first kappa shape index (κ1) is 9.38. The summed E-state index contributed by atoms with van der Waals surface area (Å²) >= 11 is 0. The van der Waals surface area contributed by atoms with Crippen LogP contribution in [0.5, 0.6) is 5.75 Å². The van der Waals surface area contributed by atoms with E-state index >= 15 is 0 Å². The van der Waals surface area contributed by atoms with E-state index in [-0.39, 0.29) is 12.3 Å². The summed E-state index contributed by atoms with van der Waals surface area (Å²) in [5.41, 5.74) is 0.961. The zero-order valence-electron chi connectivity index (χ0n) is 6.97. The fourth-order valence-electron chi connectivity index (χ4n) is 0.943. The van der Waals surface area contributed by atoms with Gasteiger partial charge < -0.3 is 10.2 Å². The molecule has 4 nitrogen and oxygen atoms in total. The molecule has 4 heteroatoms. The second-order valence-electron chi connectivity index (χ2n) is 2.58. The molecule has 0 saturated heterocycles. The first-order chi connectivity index (χ1) is 6.18. The quantitative estimate of drug-likeness (QED) is 0.734. The topological polar surface area (TPSA) is 71.6 Å². The van der Waals surface area contributed by atoms with Crippen molar-refractivity contribution in [3.63, 3.8) is 0 Å². The lowest BCUT2D eigenvalue weighted by molar-refractivity contribution is 0.193. The molecule has 0 aliphatic carbocycles. The van der Waals surface area contributed by atoms with E-state index < -0.39 is 6.09 Å². The van der Waals surface area contributed by atoms with Crippen LogP contribution in [0.2, 0.25) is 0 Å². The largest absolute Gasteiger partial charge is 0.508 e. The van der Waals surface area contributed by atoms with Gasteiger partial charge in [-0.05, 0) is 24.1 Å². The Balaban J connectivity index is 2.37. The minimum Gasteiger partial charge on any atom is -0.508 e. The maximum atomic E-state index is 10.0. The monoisotopic (exact) mass is 180 g/mol. The maximum Gasteiger partial charge on any atom is 0.426 e. The van der Waals surface area contributed by atoms with Crippen molar-refractivity contribution >= 4 is 6.09 Å². The molecule has 0 bridgehead atoms. The first-order valence-electron chi connectivity index (χ1n) is 3.87. The molecule has 1 radical (unpaired) electrons. The summed E-state index contributed by atoms with van der Waals surface area (Å²) in [7, 11) is 0. The van der Waals surface area contributed by atoms with Crippen LogP contribution in [-0.4, -0.2) is 22.9 Å². The van der Waals surface area contributed by atoms with Crippen molar-refractivity contribution in [1.82, 2.24) is 5.32 Å². The van der Waals surface area contributed by atoms with E-state index in [4.69, 9.17) is 10.2 Å². The third-order valence-electron chi connectivity index (χ3n) is 1.58. The van der Waals surface area contributed by atoms with Gasteiger partial charge in [0.2, 0.25) is 0 Å². The zero-order valence-corrected chi connectivity index (χ0v) is 6.97. The Hall–Kier alpha value is -1.71. The van der Waals surface area contributed by atoms with Crippen molar-refractivity contribution in [2.45, 2.75) is 6.42 Å². The summed E-state index contributed by atoms with van der Waals surface area (Å²) in [6.45, 7) is 0.264. The molecule has 2 N–H and O–H groups in total. The van der Waals surface area contributed by atoms with Gasteiger partial charge in [0.05, 0.1) is 6.54 Å². The predicted octanol–water partition coefficient (Wildman–Crippen LogP) is 1.22. The Kier molecular flexibility index (Phi) is 3.14. The fourth-order valence-corrected chi connectivity index (χ4v) is 0.943. The zero-order chi connectivity index (χ0) is 9.68. The summed E-state index contributed by atoms with van der Waals surface area (Å²) < 4.78 is 0. The number of aromatic hydroxyl groups is 1. The number of rotatable bonds is 3. The number of nitrogens with zero attached hydrogens (tertiary/aromatic N) is 1. The average Bonchev–Trinajstić information content (AvgIpc) is 2.08. The summed E-state index contributed by atoms with van der Waals surface area (Å²) in [4.78, 5) is 10.0. The molecule has 0 atom stereocenters. The SMILES string of the molecule is O=C(O)[N]CCc1ccc(O)cc1. The number of phenols is 1. The molecule has 0 fully saturated rings. The van der Waals surface area contributed by atoms with Crippen LogP contribution >= 0.6 is 0 Å². The molecule has 69 valence electrons. The van der Waals surface area contributed by atoms with Crippen LogP contribution < -0.4 is 5.32 Å². The summed E-state index contributed by atoms with van der Waals surface area (Å²) in [5.74, 6) is 0.207. The highest BCUT2D eigenvalue weighted by molar-refractivity contribution is 5.63. The molecular weight excluding hydrogens is 170 g/mol. The summed E-state index contributed by atoms with van der Waals surface area (Å²) in [6, 6.07) is 6.62. The molecule has 13 heavy (non-hydrogen) atoms. The molecule has 0 aliphatic rings. The Bertz CT molecular complexity index is 281. The number of carbonyl (C=O) groups is 1. The molecule has 0 aliphatic heterocycles. The molecule has 0 spiro atoms. The molecule has 0 saturated carbocycles. The highest BCUT2D eigenvalue weighted by Crippen LogP contribution is 2.09. The highest BCUT2D eigenvalue weighted by Gasteiger charge is 1.97. The Morgan fingerprint density at radius 3 is 2.46 bits per heavy atom. The number of amides is 1. The molecule has 1 amide bonds. The number of phenolic OH excluding ortho intramolecular Hbond substituents is 1. The lowest BCUT2D eigenvalue weighted by Gasteiger charge is -1.99. The minimum atomic E-state index is -1.14. The second kappa shape index (κ2) is 4.35. The standard InChI is InChI=1S/C9H10NO3/c11-8-3-1-7(2-4-8)5-6-10-9(12)13/h1-4,11H,5-6H2,(H,12,13). The van der Waals surface area contributed by atoms with Gasteiger partial charge in [-0.25, -0.2) is 10.1 Å². The minimum absolute atomic E-state index is 0.207.